The van der Waals surface area contributed by atoms with Crippen LogP contribution in [0.15, 0.2) is 200 Å². The molecule has 0 bridgehead atoms. The Balaban J connectivity index is 1.15. The lowest BCUT2D eigenvalue weighted by Crippen LogP contribution is -2.16. The van der Waals surface area contributed by atoms with Gasteiger partial charge >= 0.3 is 0 Å². The Morgan fingerprint density at radius 3 is 1.63 bits per heavy atom. The summed E-state index contributed by atoms with van der Waals surface area (Å²) >= 11 is 0. The van der Waals surface area contributed by atoms with Crippen molar-refractivity contribution in [1.82, 2.24) is 0 Å². The van der Waals surface area contributed by atoms with Gasteiger partial charge in [-0.25, -0.2) is 0 Å². The number of hydrogen-bond acceptors (Lipinski definition) is 1. The molecular formula is C53H39N. The van der Waals surface area contributed by atoms with Gasteiger partial charge in [-0.05, 0) is 102 Å². The van der Waals surface area contributed by atoms with Crippen LogP contribution in [-0.2, 0) is 5.41 Å². The van der Waals surface area contributed by atoms with Gasteiger partial charge in [-0.2, -0.15) is 0 Å². The van der Waals surface area contributed by atoms with Crippen molar-refractivity contribution in [2.45, 2.75) is 19.3 Å². The SMILES string of the molecule is CC1(C)c2ccccc2-c2c(N(c3ccc(-c4cccc5ccccc45)cc3)c3ccc(-c4c(-c5ccccc5)ccc5ccccc45)cc3)cccc21. The molecule has 54 heavy (non-hydrogen) atoms. The van der Waals surface area contributed by atoms with Gasteiger partial charge in [0.15, 0.2) is 0 Å². The predicted molar refractivity (Wildman–Crippen MR) is 230 cm³/mol. The van der Waals surface area contributed by atoms with E-state index in [0.717, 1.165) is 11.4 Å². The highest BCUT2D eigenvalue weighted by atomic mass is 15.1. The Bertz CT molecular complexity index is 2820. The molecule has 9 aromatic rings. The predicted octanol–water partition coefficient (Wildman–Crippen LogP) is 14.8. The van der Waals surface area contributed by atoms with E-state index in [2.05, 4.69) is 219 Å². The summed E-state index contributed by atoms with van der Waals surface area (Å²) < 4.78 is 0. The molecule has 0 unspecified atom stereocenters. The van der Waals surface area contributed by atoms with Crippen molar-refractivity contribution < 1.29 is 0 Å². The Labute approximate surface area is 317 Å². The molecule has 0 N–H and O–H groups in total. The summed E-state index contributed by atoms with van der Waals surface area (Å²) in [5.41, 5.74) is 16.0. The molecule has 0 spiro atoms. The third kappa shape index (κ3) is 5.16. The lowest BCUT2D eigenvalue weighted by molar-refractivity contribution is 0.660. The van der Waals surface area contributed by atoms with Gasteiger partial charge in [0.05, 0.1) is 5.69 Å². The van der Waals surface area contributed by atoms with Gasteiger partial charge in [0, 0.05) is 22.4 Å². The van der Waals surface area contributed by atoms with Crippen LogP contribution >= 0.6 is 0 Å². The lowest BCUT2D eigenvalue weighted by Gasteiger charge is -2.29. The van der Waals surface area contributed by atoms with Crippen molar-refractivity contribution in [3.8, 4) is 44.5 Å². The molecule has 0 heterocycles. The van der Waals surface area contributed by atoms with Gasteiger partial charge < -0.3 is 4.90 Å². The zero-order valence-electron chi connectivity index (χ0n) is 30.5. The molecule has 1 nitrogen and oxygen atoms in total. The van der Waals surface area contributed by atoms with E-state index in [4.69, 9.17) is 0 Å². The minimum absolute atomic E-state index is 0.0993. The summed E-state index contributed by atoms with van der Waals surface area (Å²) in [5.74, 6) is 0. The van der Waals surface area contributed by atoms with Crippen molar-refractivity contribution >= 4 is 38.6 Å². The zero-order chi connectivity index (χ0) is 36.2. The van der Waals surface area contributed by atoms with Crippen molar-refractivity contribution in [1.29, 1.82) is 0 Å². The summed E-state index contributed by atoms with van der Waals surface area (Å²) in [6.45, 7) is 4.71. The van der Waals surface area contributed by atoms with E-state index in [-0.39, 0.29) is 5.41 Å². The second kappa shape index (κ2) is 12.8. The second-order valence-corrected chi connectivity index (χ2v) is 14.9. The van der Waals surface area contributed by atoms with Crippen LogP contribution in [0.1, 0.15) is 25.0 Å². The van der Waals surface area contributed by atoms with E-state index < -0.39 is 0 Å². The Kier molecular flexibility index (Phi) is 7.56. The molecule has 256 valence electrons. The van der Waals surface area contributed by atoms with Crippen molar-refractivity contribution in [3.05, 3.63) is 211 Å². The van der Waals surface area contributed by atoms with Gasteiger partial charge in [0.25, 0.3) is 0 Å². The number of nitrogens with zero attached hydrogens (tertiary/aromatic N) is 1. The smallest absolute Gasteiger partial charge is 0.0543 e. The standard InChI is InChI=1S/C53H39N/c1-53(2)48-23-11-10-21-47(48)52-49(53)24-13-25-50(52)54(41-31-26-39(27-32-41)44-22-12-18-36-16-6-8-19-43(36)44)42-33-28-40(29-34-42)51-45-20-9-7-17-38(45)30-35-46(51)37-14-4-3-5-15-37/h3-35H,1-2H3. The fourth-order valence-electron chi connectivity index (χ4n) is 8.83. The molecule has 0 radical (unpaired) electrons. The maximum atomic E-state index is 2.45. The maximum Gasteiger partial charge on any atom is 0.0543 e. The van der Waals surface area contributed by atoms with Gasteiger partial charge in [-0.1, -0.05) is 184 Å². The first-order valence-electron chi connectivity index (χ1n) is 18.9. The molecule has 1 aliphatic rings. The van der Waals surface area contributed by atoms with Crippen LogP contribution in [0.3, 0.4) is 0 Å². The van der Waals surface area contributed by atoms with Crippen LogP contribution in [0.4, 0.5) is 17.1 Å². The van der Waals surface area contributed by atoms with Gasteiger partial charge in [-0.3, -0.25) is 0 Å². The van der Waals surface area contributed by atoms with E-state index in [0.29, 0.717) is 0 Å². The number of benzene rings is 9. The Morgan fingerprint density at radius 1 is 0.333 bits per heavy atom. The zero-order valence-corrected chi connectivity index (χ0v) is 30.5. The fraction of sp³-hybridized carbons (Fsp3) is 0.0566. The summed E-state index contributed by atoms with van der Waals surface area (Å²) in [5, 5.41) is 5.02. The molecule has 10 rings (SSSR count). The summed E-state index contributed by atoms with van der Waals surface area (Å²) in [4.78, 5) is 2.45. The van der Waals surface area contributed by atoms with E-state index in [1.54, 1.807) is 0 Å². The largest absolute Gasteiger partial charge is 0.310 e. The number of anilines is 3. The molecule has 0 aromatic heterocycles. The summed E-state index contributed by atoms with van der Waals surface area (Å²) in [6.07, 6.45) is 0. The highest BCUT2D eigenvalue weighted by Crippen LogP contribution is 2.54. The quantitative estimate of drug-likeness (QED) is 0.168. The third-order valence-electron chi connectivity index (χ3n) is 11.5. The summed E-state index contributed by atoms with van der Waals surface area (Å²) in [7, 11) is 0. The van der Waals surface area contributed by atoms with Crippen LogP contribution in [-0.4, -0.2) is 0 Å². The topological polar surface area (TPSA) is 3.24 Å². The first-order valence-corrected chi connectivity index (χ1v) is 18.9. The van der Waals surface area contributed by atoms with E-state index in [1.165, 1.54) is 82.9 Å². The molecule has 0 amide bonds. The van der Waals surface area contributed by atoms with E-state index in [1.807, 2.05) is 0 Å². The minimum Gasteiger partial charge on any atom is -0.310 e. The van der Waals surface area contributed by atoms with Gasteiger partial charge in [0.1, 0.15) is 0 Å². The minimum atomic E-state index is -0.0993. The van der Waals surface area contributed by atoms with Crippen molar-refractivity contribution in [2.75, 3.05) is 4.90 Å². The molecule has 0 aliphatic heterocycles. The molecule has 0 saturated heterocycles. The molecular weight excluding hydrogens is 651 g/mol. The van der Waals surface area contributed by atoms with Crippen molar-refractivity contribution in [3.63, 3.8) is 0 Å². The first-order chi connectivity index (χ1) is 26.6. The number of rotatable bonds is 6. The highest BCUT2D eigenvalue weighted by molar-refractivity contribution is 6.05. The first kappa shape index (κ1) is 32.0. The van der Waals surface area contributed by atoms with Crippen LogP contribution in [0.5, 0.6) is 0 Å². The summed E-state index contributed by atoms with van der Waals surface area (Å²) in [6, 6.07) is 73.4. The van der Waals surface area contributed by atoms with Crippen LogP contribution in [0.2, 0.25) is 0 Å². The molecule has 1 heteroatoms. The highest BCUT2D eigenvalue weighted by Gasteiger charge is 2.37. The van der Waals surface area contributed by atoms with E-state index in [9.17, 15) is 0 Å². The number of fused-ring (bicyclic) bond motifs is 5. The Hall–Kier alpha value is -6.70. The fourth-order valence-corrected chi connectivity index (χ4v) is 8.83. The average Bonchev–Trinajstić information content (AvgIpc) is 3.47. The van der Waals surface area contributed by atoms with Crippen LogP contribution in [0, 0.1) is 0 Å². The average molecular weight is 690 g/mol. The van der Waals surface area contributed by atoms with Crippen LogP contribution < -0.4 is 4.90 Å². The second-order valence-electron chi connectivity index (χ2n) is 14.9. The third-order valence-corrected chi connectivity index (χ3v) is 11.5. The molecule has 9 aromatic carbocycles. The Morgan fingerprint density at radius 2 is 0.870 bits per heavy atom. The van der Waals surface area contributed by atoms with Gasteiger partial charge in [-0.15, -0.1) is 0 Å². The van der Waals surface area contributed by atoms with Gasteiger partial charge in [0.2, 0.25) is 0 Å². The number of hydrogen-bond donors (Lipinski definition) is 0. The maximum absolute atomic E-state index is 2.45. The molecule has 0 atom stereocenters. The lowest BCUT2D eigenvalue weighted by atomic mass is 9.82. The van der Waals surface area contributed by atoms with E-state index >= 15 is 0 Å². The van der Waals surface area contributed by atoms with Crippen molar-refractivity contribution in [2.24, 2.45) is 0 Å². The molecule has 0 fully saturated rings. The van der Waals surface area contributed by atoms with Crippen LogP contribution in [0.25, 0.3) is 66.1 Å². The monoisotopic (exact) mass is 689 g/mol. The normalized spacial score (nSPS) is 12.8. The molecule has 1 aliphatic carbocycles. The molecule has 0 saturated carbocycles.